The fourth-order valence-corrected chi connectivity index (χ4v) is 1.08. The highest BCUT2D eigenvalue weighted by Gasteiger charge is 2.33. The largest absolute Gasteiger partial charge is 0.412 e. The summed E-state index contributed by atoms with van der Waals surface area (Å²) in [5.41, 5.74) is 0.307. The van der Waals surface area contributed by atoms with Crippen LogP contribution in [0.25, 0.3) is 0 Å². The highest BCUT2D eigenvalue weighted by Crippen LogP contribution is 2.32. The Morgan fingerprint density at radius 2 is 2.00 bits per heavy atom. The second kappa shape index (κ2) is 2.72. The summed E-state index contributed by atoms with van der Waals surface area (Å²) < 4.78 is 36.1. The van der Waals surface area contributed by atoms with Crippen LogP contribution in [0.4, 0.5) is 13.2 Å². The molecule has 0 amide bonds. The van der Waals surface area contributed by atoms with Crippen LogP contribution in [0.15, 0.2) is 23.3 Å². The molecule has 0 heterocycles. The van der Waals surface area contributed by atoms with Gasteiger partial charge in [-0.1, -0.05) is 17.7 Å². The summed E-state index contributed by atoms with van der Waals surface area (Å²) in [6, 6.07) is 0. The highest BCUT2D eigenvalue weighted by atomic mass is 19.4. The van der Waals surface area contributed by atoms with Gasteiger partial charge in [-0.25, -0.2) is 0 Å². The predicted molar refractivity (Wildman–Crippen MR) is 37.1 cm³/mol. The zero-order valence-corrected chi connectivity index (χ0v) is 6.20. The summed E-state index contributed by atoms with van der Waals surface area (Å²) in [7, 11) is 0. The van der Waals surface area contributed by atoms with Crippen molar-refractivity contribution in [3.05, 3.63) is 23.3 Å². The van der Waals surface area contributed by atoms with E-state index >= 15 is 0 Å². The molecule has 0 aliphatic heterocycles. The molecule has 1 aliphatic rings. The van der Waals surface area contributed by atoms with Gasteiger partial charge in [0.15, 0.2) is 0 Å². The molecule has 0 fully saturated rings. The van der Waals surface area contributed by atoms with Crippen molar-refractivity contribution in [1.82, 2.24) is 0 Å². The van der Waals surface area contributed by atoms with Crippen LogP contribution >= 0.6 is 0 Å². The molecule has 0 nitrogen and oxygen atoms in total. The lowest BCUT2D eigenvalue weighted by molar-refractivity contribution is -0.0941. The van der Waals surface area contributed by atoms with Gasteiger partial charge in [-0.2, -0.15) is 13.2 Å². The minimum atomic E-state index is -4.13. The molecule has 0 aromatic carbocycles. The molecule has 1 aliphatic carbocycles. The van der Waals surface area contributed by atoms with E-state index in [2.05, 4.69) is 0 Å². The summed E-state index contributed by atoms with van der Waals surface area (Å²) in [4.78, 5) is 0. The molecule has 62 valence electrons. The van der Waals surface area contributed by atoms with Gasteiger partial charge in [0.25, 0.3) is 0 Å². The molecule has 0 bridgehead atoms. The number of halogens is 3. The molecule has 0 saturated carbocycles. The van der Waals surface area contributed by atoms with Crippen LogP contribution in [0.1, 0.15) is 19.8 Å². The summed E-state index contributed by atoms with van der Waals surface area (Å²) in [6.45, 7) is 1.69. The van der Waals surface area contributed by atoms with Crippen LogP contribution in [-0.2, 0) is 0 Å². The Hall–Kier alpha value is -0.730. The molecule has 3 heteroatoms. The van der Waals surface area contributed by atoms with Crippen molar-refractivity contribution in [2.45, 2.75) is 25.9 Å². The van der Waals surface area contributed by atoms with Gasteiger partial charge >= 0.3 is 6.18 Å². The van der Waals surface area contributed by atoms with Gasteiger partial charge in [-0.3, -0.25) is 0 Å². The van der Waals surface area contributed by atoms with Crippen LogP contribution in [0, 0.1) is 0 Å². The number of alkyl halides is 3. The number of rotatable bonds is 0. The minimum absolute atomic E-state index is 0.126. The highest BCUT2D eigenvalue weighted by molar-refractivity contribution is 5.28. The molecule has 0 atom stereocenters. The van der Waals surface area contributed by atoms with Gasteiger partial charge in [0, 0.05) is 5.57 Å². The Balaban J connectivity index is 2.82. The molecule has 0 radical (unpaired) electrons. The SMILES string of the molecule is CC1=CCCC(C(F)(F)F)=C1. The summed E-state index contributed by atoms with van der Waals surface area (Å²) in [5, 5.41) is 0. The van der Waals surface area contributed by atoms with Crippen molar-refractivity contribution in [2.75, 3.05) is 0 Å². The van der Waals surface area contributed by atoms with E-state index < -0.39 is 11.7 Å². The topological polar surface area (TPSA) is 0 Å². The number of hydrogen-bond donors (Lipinski definition) is 0. The lowest BCUT2D eigenvalue weighted by Crippen LogP contribution is -2.13. The molecular weight excluding hydrogens is 153 g/mol. The fourth-order valence-electron chi connectivity index (χ4n) is 1.08. The zero-order chi connectivity index (χ0) is 8.48. The molecule has 0 N–H and O–H groups in total. The van der Waals surface area contributed by atoms with E-state index in [0.717, 1.165) is 0 Å². The van der Waals surface area contributed by atoms with Crippen LogP contribution in [0.3, 0.4) is 0 Å². The molecule has 0 aromatic rings. The first-order valence-corrected chi connectivity index (χ1v) is 3.44. The van der Waals surface area contributed by atoms with Crippen molar-refractivity contribution in [2.24, 2.45) is 0 Å². The third-order valence-corrected chi connectivity index (χ3v) is 1.65. The van der Waals surface area contributed by atoms with Crippen LogP contribution in [0.2, 0.25) is 0 Å². The quantitative estimate of drug-likeness (QED) is 0.513. The lowest BCUT2D eigenvalue weighted by atomic mass is 10.0. The predicted octanol–water partition coefficient (Wildman–Crippen LogP) is 3.22. The first-order chi connectivity index (χ1) is 5.00. The molecule has 0 spiro atoms. The van der Waals surface area contributed by atoms with Gasteiger partial charge in [-0.05, 0) is 19.8 Å². The second-order valence-electron chi connectivity index (χ2n) is 2.65. The second-order valence-corrected chi connectivity index (χ2v) is 2.65. The molecule has 1 rings (SSSR count). The van der Waals surface area contributed by atoms with E-state index in [1.807, 2.05) is 6.08 Å². The van der Waals surface area contributed by atoms with Gasteiger partial charge in [0.1, 0.15) is 0 Å². The third-order valence-electron chi connectivity index (χ3n) is 1.65. The summed E-state index contributed by atoms with van der Waals surface area (Å²) >= 11 is 0. The van der Waals surface area contributed by atoms with Crippen LogP contribution < -0.4 is 0 Å². The van der Waals surface area contributed by atoms with Gasteiger partial charge in [0.2, 0.25) is 0 Å². The average Bonchev–Trinajstić information content (AvgIpc) is 1.86. The normalized spacial score (nSPS) is 19.3. The summed E-state index contributed by atoms with van der Waals surface area (Å²) in [6.07, 6.45) is -0.466. The van der Waals surface area contributed by atoms with E-state index in [1.54, 1.807) is 6.92 Å². The zero-order valence-electron chi connectivity index (χ0n) is 6.20. The maximum absolute atomic E-state index is 12.0. The van der Waals surface area contributed by atoms with E-state index in [-0.39, 0.29) is 6.42 Å². The average molecular weight is 162 g/mol. The Labute approximate surface area is 63.4 Å². The van der Waals surface area contributed by atoms with E-state index in [0.29, 0.717) is 12.0 Å². The van der Waals surface area contributed by atoms with Gasteiger partial charge in [-0.15, -0.1) is 0 Å². The molecule has 0 unspecified atom stereocenters. The van der Waals surface area contributed by atoms with E-state index in [4.69, 9.17) is 0 Å². The third kappa shape index (κ3) is 2.10. The number of allylic oxidation sites excluding steroid dienone is 4. The Morgan fingerprint density at radius 1 is 1.36 bits per heavy atom. The van der Waals surface area contributed by atoms with Crippen molar-refractivity contribution in [3.8, 4) is 0 Å². The van der Waals surface area contributed by atoms with Gasteiger partial charge in [0.05, 0.1) is 0 Å². The lowest BCUT2D eigenvalue weighted by Gasteiger charge is -2.14. The van der Waals surface area contributed by atoms with E-state index in [9.17, 15) is 13.2 Å². The monoisotopic (exact) mass is 162 g/mol. The standard InChI is InChI=1S/C8H9F3/c1-6-3-2-4-7(5-6)8(9,10)11/h3,5H,2,4H2,1H3. The van der Waals surface area contributed by atoms with E-state index in [1.165, 1.54) is 6.08 Å². The van der Waals surface area contributed by atoms with Crippen molar-refractivity contribution >= 4 is 0 Å². The van der Waals surface area contributed by atoms with Gasteiger partial charge < -0.3 is 0 Å². The maximum atomic E-state index is 12.0. The maximum Gasteiger partial charge on any atom is 0.412 e. The Morgan fingerprint density at radius 3 is 2.36 bits per heavy atom. The smallest absolute Gasteiger partial charge is 0.166 e. The van der Waals surface area contributed by atoms with Crippen LogP contribution in [-0.4, -0.2) is 6.18 Å². The fraction of sp³-hybridized carbons (Fsp3) is 0.500. The Bertz CT molecular complexity index is 208. The molecule has 0 saturated heterocycles. The van der Waals surface area contributed by atoms with Crippen molar-refractivity contribution in [3.63, 3.8) is 0 Å². The summed E-state index contributed by atoms with van der Waals surface area (Å²) in [5.74, 6) is 0. The van der Waals surface area contributed by atoms with Crippen molar-refractivity contribution in [1.29, 1.82) is 0 Å². The van der Waals surface area contributed by atoms with Crippen molar-refractivity contribution < 1.29 is 13.2 Å². The molecule has 0 aromatic heterocycles. The minimum Gasteiger partial charge on any atom is -0.166 e. The molecular formula is C8H9F3. The first kappa shape index (κ1) is 8.37. The number of hydrogen-bond acceptors (Lipinski definition) is 0. The van der Waals surface area contributed by atoms with Crippen LogP contribution in [0.5, 0.6) is 0 Å². The Kier molecular flexibility index (Phi) is 2.07. The molecule has 11 heavy (non-hydrogen) atoms. The first-order valence-electron chi connectivity index (χ1n) is 3.44.